The van der Waals surface area contributed by atoms with E-state index >= 15 is 0 Å². The summed E-state index contributed by atoms with van der Waals surface area (Å²) >= 11 is 1.31. The molecule has 0 saturated carbocycles. The SMILES string of the molecule is Cc1ccccc1-n1c(C)nnc1SCC(=O)N(C)c1ccccc1C(=O)NCc1ccco1. The molecule has 1 N–H and O–H groups in total. The fourth-order valence-corrected chi connectivity index (χ4v) is 4.42. The number of hydrogen-bond acceptors (Lipinski definition) is 6. The topological polar surface area (TPSA) is 93.3 Å². The van der Waals surface area contributed by atoms with Gasteiger partial charge in [-0.2, -0.15) is 0 Å². The largest absolute Gasteiger partial charge is 0.467 e. The third kappa shape index (κ3) is 5.04. The number of hydrogen-bond donors (Lipinski definition) is 1. The van der Waals surface area contributed by atoms with Gasteiger partial charge in [-0.1, -0.05) is 42.1 Å². The van der Waals surface area contributed by atoms with Crippen molar-refractivity contribution >= 4 is 29.3 Å². The minimum Gasteiger partial charge on any atom is -0.467 e. The second-order valence-corrected chi connectivity index (χ2v) is 8.61. The van der Waals surface area contributed by atoms with E-state index < -0.39 is 0 Å². The van der Waals surface area contributed by atoms with Crippen LogP contribution in [0.5, 0.6) is 0 Å². The monoisotopic (exact) mass is 475 g/mol. The van der Waals surface area contributed by atoms with E-state index in [1.807, 2.05) is 42.7 Å². The number of carbonyl (C=O) groups excluding carboxylic acids is 2. The molecule has 8 nitrogen and oxygen atoms in total. The molecule has 0 aliphatic carbocycles. The number of aryl methyl sites for hydroxylation is 2. The van der Waals surface area contributed by atoms with E-state index in [-0.39, 0.29) is 24.1 Å². The Morgan fingerprint density at radius 3 is 2.56 bits per heavy atom. The first-order chi connectivity index (χ1) is 16.5. The van der Waals surface area contributed by atoms with Crippen LogP contribution in [0.4, 0.5) is 5.69 Å². The molecule has 0 unspecified atom stereocenters. The molecule has 0 radical (unpaired) electrons. The summed E-state index contributed by atoms with van der Waals surface area (Å²) < 4.78 is 7.21. The maximum absolute atomic E-state index is 13.1. The van der Waals surface area contributed by atoms with Crippen molar-refractivity contribution in [2.75, 3.05) is 17.7 Å². The smallest absolute Gasteiger partial charge is 0.253 e. The fourth-order valence-electron chi connectivity index (χ4n) is 3.52. The van der Waals surface area contributed by atoms with E-state index in [4.69, 9.17) is 4.42 Å². The van der Waals surface area contributed by atoms with Gasteiger partial charge in [-0.05, 0) is 49.7 Å². The molecule has 2 amide bonds. The molecule has 4 rings (SSSR count). The Hall–Kier alpha value is -3.85. The highest BCUT2D eigenvalue weighted by atomic mass is 32.2. The summed E-state index contributed by atoms with van der Waals surface area (Å²) in [7, 11) is 1.67. The van der Waals surface area contributed by atoms with Gasteiger partial charge in [-0.15, -0.1) is 10.2 Å². The minimum atomic E-state index is -0.283. The van der Waals surface area contributed by atoms with Gasteiger partial charge in [-0.3, -0.25) is 14.2 Å². The number of thioether (sulfide) groups is 1. The number of anilines is 1. The van der Waals surface area contributed by atoms with E-state index in [9.17, 15) is 9.59 Å². The van der Waals surface area contributed by atoms with Crippen LogP contribution in [-0.4, -0.2) is 39.4 Å². The molecule has 0 aliphatic rings. The van der Waals surface area contributed by atoms with Gasteiger partial charge in [0.1, 0.15) is 11.6 Å². The summed E-state index contributed by atoms with van der Waals surface area (Å²) in [5.41, 5.74) is 3.01. The zero-order valence-electron chi connectivity index (χ0n) is 19.2. The van der Waals surface area contributed by atoms with E-state index in [2.05, 4.69) is 15.5 Å². The lowest BCUT2D eigenvalue weighted by atomic mass is 10.1. The number of nitrogens with zero attached hydrogens (tertiary/aromatic N) is 4. The number of aromatic nitrogens is 3. The standard InChI is InChI=1S/C25H25N5O3S/c1-17-9-4-6-12-21(17)30-18(2)27-28-25(30)34-16-23(31)29(3)22-13-7-5-11-20(22)24(32)26-15-19-10-8-14-33-19/h4-14H,15-16H2,1-3H3,(H,26,32). The molecule has 0 aliphatic heterocycles. The Morgan fingerprint density at radius 1 is 1.03 bits per heavy atom. The van der Waals surface area contributed by atoms with E-state index in [1.54, 1.807) is 49.7 Å². The molecular weight excluding hydrogens is 450 g/mol. The van der Waals surface area contributed by atoms with Gasteiger partial charge in [0, 0.05) is 7.05 Å². The first kappa shape index (κ1) is 23.3. The Kier molecular flexibility index (Phi) is 7.12. The van der Waals surface area contributed by atoms with Gasteiger partial charge < -0.3 is 14.6 Å². The van der Waals surface area contributed by atoms with Crippen LogP contribution >= 0.6 is 11.8 Å². The third-order valence-corrected chi connectivity index (χ3v) is 6.28. The van der Waals surface area contributed by atoms with E-state index in [0.717, 1.165) is 17.1 Å². The van der Waals surface area contributed by atoms with Gasteiger partial charge in [0.05, 0.1) is 35.5 Å². The first-order valence-corrected chi connectivity index (χ1v) is 11.7. The molecule has 2 heterocycles. The molecule has 174 valence electrons. The first-order valence-electron chi connectivity index (χ1n) is 10.7. The predicted octanol–water partition coefficient (Wildman–Crippen LogP) is 4.16. The zero-order chi connectivity index (χ0) is 24.1. The minimum absolute atomic E-state index is 0.142. The summed E-state index contributed by atoms with van der Waals surface area (Å²) in [6, 6.07) is 18.5. The second-order valence-electron chi connectivity index (χ2n) is 7.67. The van der Waals surface area contributed by atoms with Gasteiger partial charge >= 0.3 is 0 Å². The van der Waals surface area contributed by atoms with Crippen LogP contribution in [0.3, 0.4) is 0 Å². The van der Waals surface area contributed by atoms with Gasteiger partial charge in [0.2, 0.25) is 5.91 Å². The molecule has 34 heavy (non-hydrogen) atoms. The van der Waals surface area contributed by atoms with Crippen LogP contribution in [0.1, 0.15) is 27.5 Å². The van der Waals surface area contributed by atoms with Crippen molar-refractivity contribution in [2.24, 2.45) is 0 Å². The maximum atomic E-state index is 13.1. The fraction of sp³-hybridized carbons (Fsp3) is 0.200. The summed E-state index contributed by atoms with van der Waals surface area (Å²) in [5, 5.41) is 11.9. The Balaban J connectivity index is 1.46. The Labute approximate surface area is 202 Å². The highest BCUT2D eigenvalue weighted by Crippen LogP contribution is 2.26. The Bertz CT molecular complexity index is 1300. The van der Waals surface area contributed by atoms with Crippen molar-refractivity contribution in [1.29, 1.82) is 0 Å². The van der Waals surface area contributed by atoms with Gasteiger partial charge in [-0.25, -0.2) is 0 Å². The van der Waals surface area contributed by atoms with Crippen molar-refractivity contribution in [3.63, 3.8) is 0 Å². The van der Waals surface area contributed by atoms with Crippen LogP contribution < -0.4 is 10.2 Å². The molecule has 0 saturated heterocycles. The molecule has 4 aromatic rings. The number of benzene rings is 2. The van der Waals surface area contributed by atoms with Gasteiger partial charge in [0.15, 0.2) is 5.16 Å². The molecule has 2 aromatic carbocycles. The highest BCUT2D eigenvalue weighted by molar-refractivity contribution is 7.99. The molecular formula is C25H25N5O3S. The van der Waals surface area contributed by atoms with Crippen LogP contribution in [0.25, 0.3) is 5.69 Å². The molecule has 2 aromatic heterocycles. The van der Waals surface area contributed by atoms with Crippen molar-refractivity contribution in [3.05, 3.63) is 89.6 Å². The molecule has 0 atom stereocenters. The number of furan rings is 1. The normalized spacial score (nSPS) is 10.8. The average Bonchev–Trinajstić information content (AvgIpc) is 3.50. The average molecular weight is 476 g/mol. The zero-order valence-corrected chi connectivity index (χ0v) is 20.0. The number of rotatable bonds is 8. The Morgan fingerprint density at radius 2 is 1.79 bits per heavy atom. The van der Waals surface area contributed by atoms with Crippen LogP contribution in [0.15, 0.2) is 76.5 Å². The number of amides is 2. The predicted molar refractivity (Wildman–Crippen MR) is 131 cm³/mol. The third-order valence-electron chi connectivity index (χ3n) is 5.36. The molecule has 0 spiro atoms. The van der Waals surface area contributed by atoms with E-state index in [0.29, 0.717) is 22.2 Å². The number of para-hydroxylation sites is 2. The van der Waals surface area contributed by atoms with Gasteiger partial charge in [0.25, 0.3) is 5.91 Å². The summed E-state index contributed by atoms with van der Waals surface area (Å²) in [6.45, 7) is 4.17. The van der Waals surface area contributed by atoms with Crippen LogP contribution in [0.2, 0.25) is 0 Å². The molecule has 9 heteroatoms. The van der Waals surface area contributed by atoms with Crippen LogP contribution in [-0.2, 0) is 11.3 Å². The molecule has 0 fully saturated rings. The van der Waals surface area contributed by atoms with Crippen molar-refractivity contribution in [3.8, 4) is 5.69 Å². The lowest BCUT2D eigenvalue weighted by Crippen LogP contribution is -2.31. The summed E-state index contributed by atoms with van der Waals surface area (Å²) in [4.78, 5) is 27.3. The molecule has 0 bridgehead atoms. The van der Waals surface area contributed by atoms with Crippen LogP contribution in [0, 0.1) is 13.8 Å². The lowest BCUT2D eigenvalue weighted by molar-refractivity contribution is -0.115. The summed E-state index contributed by atoms with van der Waals surface area (Å²) in [5.74, 6) is 1.10. The number of carbonyl (C=O) groups is 2. The van der Waals surface area contributed by atoms with E-state index in [1.165, 1.54) is 16.7 Å². The lowest BCUT2D eigenvalue weighted by Gasteiger charge is -2.20. The van der Waals surface area contributed by atoms with Crippen molar-refractivity contribution < 1.29 is 14.0 Å². The number of nitrogens with one attached hydrogen (secondary N) is 1. The van der Waals surface area contributed by atoms with Crippen molar-refractivity contribution in [2.45, 2.75) is 25.5 Å². The van der Waals surface area contributed by atoms with Crippen molar-refractivity contribution in [1.82, 2.24) is 20.1 Å². The highest BCUT2D eigenvalue weighted by Gasteiger charge is 2.20. The summed E-state index contributed by atoms with van der Waals surface area (Å²) in [6.07, 6.45) is 1.56. The second kappa shape index (κ2) is 10.4. The quantitative estimate of drug-likeness (QED) is 0.385. The maximum Gasteiger partial charge on any atom is 0.253 e.